The van der Waals surface area contributed by atoms with E-state index < -0.39 is 0 Å². The molecule has 2 heteroatoms. The molecule has 0 saturated heterocycles. The van der Waals surface area contributed by atoms with Crippen LogP contribution in [0.2, 0.25) is 0 Å². The molecule has 2 nitrogen and oxygen atoms in total. The number of rotatable bonds is 7. The molecule has 1 aliphatic rings. The maximum Gasteiger partial charge on any atom is 0.0696 e. The zero-order chi connectivity index (χ0) is 12.7. The maximum absolute atomic E-state index is 10.1. The molecule has 0 bridgehead atoms. The van der Waals surface area contributed by atoms with Crippen LogP contribution >= 0.6 is 0 Å². The van der Waals surface area contributed by atoms with Crippen LogP contribution < -0.4 is 5.73 Å². The molecule has 0 aromatic rings. The van der Waals surface area contributed by atoms with E-state index in [-0.39, 0.29) is 12.1 Å². The first kappa shape index (κ1) is 14.7. The molecular weight excluding hydrogens is 210 g/mol. The molecular formula is C15H29NO. The molecule has 3 N–H and O–H groups in total. The Kier molecular flexibility index (Phi) is 6.83. The van der Waals surface area contributed by atoms with Gasteiger partial charge in [-0.2, -0.15) is 0 Å². The van der Waals surface area contributed by atoms with Crippen LogP contribution in [0.5, 0.6) is 0 Å². The molecule has 3 atom stereocenters. The number of hydrogen-bond donors (Lipinski definition) is 2. The highest BCUT2D eigenvalue weighted by Crippen LogP contribution is 2.28. The molecule has 0 aliphatic heterocycles. The first-order valence-electron chi connectivity index (χ1n) is 7.23. The van der Waals surface area contributed by atoms with Gasteiger partial charge in [-0.1, -0.05) is 45.1 Å². The monoisotopic (exact) mass is 239 g/mol. The zero-order valence-corrected chi connectivity index (χ0v) is 11.3. The van der Waals surface area contributed by atoms with Gasteiger partial charge in [-0.05, 0) is 31.1 Å². The number of aliphatic hydroxyl groups is 1. The van der Waals surface area contributed by atoms with E-state index in [1.807, 2.05) is 6.08 Å². The van der Waals surface area contributed by atoms with Crippen molar-refractivity contribution >= 4 is 0 Å². The van der Waals surface area contributed by atoms with Gasteiger partial charge in [0.05, 0.1) is 6.10 Å². The van der Waals surface area contributed by atoms with Crippen molar-refractivity contribution in [2.45, 2.75) is 70.4 Å². The summed E-state index contributed by atoms with van der Waals surface area (Å²) >= 11 is 0. The largest absolute Gasteiger partial charge is 0.391 e. The highest BCUT2D eigenvalue weighted by molar-refractivity contribution is 4.85. The summed E-state index contributed by atoms with van der Waals surface area (Å²) in [5.41, 5.74) is 6.12. The van der Waals surface area contributed by atoms with Gasteiger partial charge in [-0.25, -0.2) is 0 Å². The van der Waals surface area contributed by atoms with Crippen molar-refractivity contribution < 1.29 is 5.11 Å². The lowest BCUT2D eigenvalue weighted by Gasteiger charge is -2.28. The van der Waals surface area contributed by atoms with Gasteiger partial charge in [0.1, 0.15) is 0 Å². The summed E-state index contributed by atoms with van der Waals surface area (Å²) in [4.78, 5) is 0. The highest BCUT2D eigenvalue weighted by Gasteiger charge is 2.22. The average Bonchev–Trinajstić information content (AvgIpc) is 2.36. The second kappa shape index (κ2) is 7.88. The molecule has 100 valence electrons. The fourth-order valence-electron chi connectivity index (χ4n) is 2.88. The number of aliphatic hydroxyl groups excluding tert-OH is 1. The van der Waals surface area contributed by atoms with Gasteiger partial charge in [0.15, 0.2) is 0 Å². The first-order valence-corrected chi connectivity index (χ1v) is 7.23. The van der Waals surface area contributed by atoms with Gasteiger partial charge in [-0.15, -0.1) is 6.58 Å². The van der Waals surface area contributed by atoms with E-state index in [0.717, 1.165) is 25.2 Å². The second-order valence-electron chi connectivity index (χ2n) is 5.61. The standard InChI is InChI=1S/C15H29NO/c1-3-12(4-2)11-15(17)14(16)10-13-8-6-5-7-9-13/h3,12-15,17H,1,4-11,16H2,2H3/t12-,14+,15+/m1/s1. The Morgan fingerprint density at radius 1 is 1.35 bits per heavy atom. The van der Waals surface area contributed by atoms with Crippen molar-refractivity contribution in [3.8, 4) is 0 Å². The third kappa shape index (κ3) is 5.22. The minimum absolute atomic E-state index is 0.0490. The predicted molar refractivity (Wildman–Crippen MR) is 73.8 cm³/mol. The van der Waals surface area contributed by atoms with Crippen LogP contribution in [0.4, 0.5) is 0 Å². The van der Waals surface area contributed by atoms with E-state index >= 15 is 0 Å². The Hall–Kier alpha value is -0.340. The lowest BCUT2D eigenvalue weighted by Crippen LogP contribution is -2.37. The predicted octanol–water partition coefficient (Wildman–Crippen LogP) is 3.25. The zero-order valence-electron chi connectivity index (χ0n) is 11.3. The summed E-state index contributed by atoms with van der Waals surface area (Å²) in [5.74, 6) is 1.15. The lowest BCUT2D eigenvalue weighted by molar-refractivity contribution is 0.106. The summed E-state index contributed by atoms with van der Waals surface area (Å²) in [5, 5.41) is 10.1. The van der Waals surface area contributed by atoms with Crippen molar-refractivity contribution in [1.82, 2.24) is 0 Å². The van der Waals surface area contributed by atoms with Crippen molar-refractivity contribution in [3.63, 3.8) is 0 Å². The minimum Gasteiger partial charge on any atom is -0.391 e. The molecule has 1 rings (SSSR count). The van der Waals surface area contributed by atoms with Gasteiger partial charge < -0.3 is 10.8 Å². The molecule has 1 aliphatic carbocycles. The molecule has 0 aromatic heterocycles. The molecule has 0 spiro atoms. The topological polar surface area (TPSA) is 46.2 Å². The maximum atomic E-state index is 10.1. The van der Waals surface area contributed by atoms with Crippen LogP contribution in [0.15, 0.2) is 12.7 Å². The first-order chi connectivity index (χ1) is 8.17. The Morgan fingerprint density at radius 3 is 2.53 bits per heavy atom. The van der Waals surface area contributed by atoms with Gasteiger partial charge >= 0.3 is 0 Å². The fourth-order valence-corrected chi connectivity index (χ4v) is 2.88. The van der Waals surface area contributed by atoms with Gasteiger partial charge in [0, 0.05) is 6.04 Å². The molecule has 0 amide bonds. The Morgan fingerprint density at radius 2 is 2.00 bits per heavy atom. The van der Waals surface area contributed by atoms with Crippen molar-refractivity contribution in [1.29, 1.82) is 0 Å². The average molecular weight is 239 g/mol. The van der Waals surface area contributed by atoms with Crippen LogP contribution in [-0.2, 0) is 0 Å². The summed E-state index contributed by atoms with van der Waals surface area (Å²) in [6, 6.07) is -0.0490. The van der Waals surface area contributed by atoms with E-state index in [9.17, 15) is 5.11 Å². The van der Waals surface area contributed by atoms with Gasteiger partial charge in [0.25, 0.3) is 0 Å². The van der Waals surface area contributed by atoms with Crippen LogP contribution in [0, 0.1) is 11.8 Å². The van der Waals surface area contributed by atoms with Crippen LogP contribution in [0.1, 0.15) is 58.3 Å². The number of hydrogen-bond acceptors (Lipinski definition) is 2. The Labute approximate surface area is 106 Å². The summed E-state index contributed by atoms with van der Waals surface area (Å²) < 4.78 is 0. The van der Waals surface area contributed by atoms with Crippen LogP contribution in [0.3, 0.4) is 0 Å². The fraction of sp³-hybridized carbons (Fsp3) is 0.867. The lowest BCUT2D eigenvalue weighted by atomic mass is 9.82. The Bertz CT molecular complexity index is 211. The second-order valence-corrected chi connectivity index (χ2v) is 5.61. The van der Waals surface area contributed by atoms with E-state index in [4.69, 9.17) is 5.73 Å². The quantitative estimate of drug-likeness (QED) is 0.670. The number of allylic oxidation sites excluding steroid dienone is 1. The smallest absolute Gasteiger partial charge is 0.0696 e. The van der Waals surface area contributed by atoms with Crippen LogP contribution in [0.25, 0.3) is 0 Å². The third-order valence-corrected chi connectivity index (χ3v) is 4.23. The molecule has 0 aromatic carbocycles. The van der Waals surface area contributed by atoms with Crippen molar-refractivity contribution in [2.75, 3.05) is 0 Å². The Balaban J connectivity index is 2.29. The SMILES string of the molecule is C=C[C@H](CC)C[C@H](O)[C@@H](N)CC1CCCCC1. The normalized spacial score (nSPS) is 23.0. The van der Waals surface area contributed by atoms with E-state index in [2.05, 4.69) is 13.5 Å². The molecule has 17 heavy (non-hydrogen) atoms. The third-order valence-electron chi connectivity index (χ3n) is 4.23. The van der Waals surface area contributed by atoms with Crippen molar-refractivity contribution in [3.05, 3.63) is 12.7 Å². The van der Waals surface area contributed by atoms with E-state index in [0.29, 0.717) is 5.92 Å². The minimum atomic E-state index is -0.361. The summed E-state index contributed by atoms with van der Waals surface area (Å²) in [6.45, 7) is 5.94. The highest BCUT2D eigenvalue weighted by atomic mass is 16.3. The van der Waals surface area contributed by atoms with Gasteiger partial charge in [0.2, 0.25) is 0 Å². The van der Waals surface area contributed by atoms with E-state index in [1.165, 1.54) is 32.1 Å². The van der Waals surface area contributed by atoms with Gasteiger partial charge in [-0.3, -0.25) is 0 Å². The van der Waals surface area contributed by atoms with Crippen LogP contribution in [-0.4, -0.2) is 17.3 Å². The molecule has 1 saturated carbocycles. The summed E-state index contributed by atoms with van der Waals surface area (Å²) in [6.07, 6.45) is 11.1. The molecule has 0 heterocycles. The van der Waals surface area contributed by atoms with Crippen molar-refractivity contribution in [2.24, 2.45) is 17.6 Å². The molecule has 0 unspecified atom stereocenters. The molecule has 0 radical (unpaired) electrons. The number of nitrogens with two attached hydrogens (primary N) is 1. The molecule has 1 fully saturated rings. The summed E-state index contributed by atoms with van der Waals surface area (Å²) in [7, 11) is 0. The van der Waals surface area contributed by atoms with E-state index in [1.54, 1.807) is 0 Å².